The summed E-state index contributed by atoms with van der Waals surface area (Å²) >= 11 is 0. The lowest BCUT2D eigenvalue weighted by molar-refractivity contribution is -0.124. The molecule has 8 heteroatoms. The van der Waals surface area contributed by atoms with E-state index in [9.17, 15) is 17.6 Å². The highest BCUT2D eigenvalue weighted by molar-refractivity contribution is 7.89. The number of nitrogens with zero attached hydrogens (tertiary/aromatic N) is 2. The largest absolute Gasteiger partial charge is 0.352 e. The molecule has 1 saturated heterocycles. The molecule has 2 aliphatic rings. The van der Waals surface area contributed by atoms with Crippen LogP contribution in [0.1, 0.15) is 33.1 Å². The highest BCUT2D eigenvalue weighted by Gasteiger charge is 2.31. The van der Waals surface area contributed by atoms with Crippen molar-refractivity contribution in [3.8, 4) is 0 Å². The molecule has 1 aliphatic carbocycles. The van der Waals surface area contributed by atoms with Crippen molar-refractivity contribution in [2.45, 2.75) is 44.0 Å². The minimum atomic E-state index is -3.71. The van der Waals surface area contributed by atoms with Crippen LogP contribution < -0.4 is 5.32 Å². The Morgan fingerprint density at radius 1 is 1.18 bits per heavy atom. The van der Waals surface area contributed by atoms with E-state index in [1.165, 1.54) is 28.9 Å². The Hall–Kier alpha value is -1.51. The van der Waals surface area contributed by atoms with E-state index in [0.29, 0.717) is 38.0 Å². The lowest BCUT2D eigenvalue weighted by atomic mass is 9.78. The van der Waals surface area contributed by atoms with E-state index < -0.39 is 15.8 Å². The molecular formula is C20H30FN3O3S. The monoisotopic (exact) mass is 411 g/mol. The van der Waals surface area contributed by atoms with E-state index in [0.717, 1.165) is 18.9 Å². The van der Waals surface area contributed by atoms with E-state index in [4.69, 9.17) is 0 Å². The third kappa shape index (κ3) is 4.90. The maximum atomic E-state index is 13.4. The SMILES string of the molecule is C[C@H]1[C@H](C)CCC[C@@H]1NC(=O)CN1CCN(S(=O)(=O)c2cccc(F)c2)CC1. The summed E-state index contributed by atoms with van der Waals surface area (Å²) in [6, 6.07) is 5.30. The summed E-state index contributed by atoms with van der Waals surface area (Å²) in [7, 11) is -3.71. The van der Waals surface area contributed by atoms with Gasteiger partial charge in [-0.05, 0) is 36.5 Å². The molecule has 28 heavy (non-hydrogen) atoms. The van der Waals surface area contributed by atoms with E-state index >= 15 is 0 Å². The van der Waals surface area contributed by atoms with Gasteiger partial charge in [0.25, 0.3) is 0 Å². The number of sulfonamides is 1. The van der Waals surface area contributed by atoms with Crippen LogP contribution in [0.4, 0.5) is 4.39 Å². The van der Waals surface area contributed by atoms with Gasteiger partial charge in [-0.2, -0.15) is 4.31 Å². The number of amides is 1. The smallest absolute Gasteiger partial charge is 0.243 e. The molecule has 156 valence electrons. The molecule has 1 heterocycles. The molecular weight excluding hydrogens is 381 g/mol. The van der Waals surface area contributed by atoms with Gasteiger partial charge in [-0.1, -0.05) is 32.8 Å². The fourth-order valence-electron chi connectivity index (χ4n) is 4.15. The minimum Gasteiger partial charge on any atom is -0.352 e. The molecule has 0 bridgehead atoms. The van der Waals surface area contributed by atoms with E-state index in [-0.39, 0.29) is 23.4 Å². The Balaban J connectivity index is 1.50. The van der Waals surface area contributed by atoms with Gasteiger partial charge in [-0.15, -0.1) is 0 Å². The van der Waals surface area contributed by atoms with Gasteiger partial charge in [-0.3, -0.25) is 9.69 Å². The highest BCUT2D eigenvalue weighted by atomic mass is 32.2. The second-order valence-electron chi connectivity index (χ2n) is 8.08. The summed E-state index contributed by atoms with van der Waals surface area (Å²) in [5.41, 5.74) is 0. The molecule has 0 spiro atoms. The van der Waals surface area contributed by atoms with Crippen LogP contribution >= 0.6 is 0 Å². The van der Waals surface area contributed by atoms with E-state index in [2.05, 4.69) is 19.2 Å². The topological polar surface area (TPSA) is 69.7 Å². The van der Waals surface area contributed by atoms with Gasteiger partial charge in [0.2, 0.25) is 15.9 Å². The van der Waals surface area contributed by atoms with Crippen LogP contribution in [-0.4, -0.2) is 62.3 Å². The molecule has 1 aromatic rings. The Kier molecular flexibility index (Phi) is 6.73. The molecule has 0 unspecified atom stereocenters. The molecule has 3 atom stereocenters. The first-order valence-corrected chi connectivity index (χ1v) is 11.5. The van der Waals surface area contributed by atoms with Crippen LogP contribution in [0.25, 0.3) is 0 Å². The standard InChI is InChI=1S/C20H30FN3O3S/c1-15-5-3-8-19(16(15)2)22-20(25)14-23-9-11-24(12-10-23)28(26,27)18-7-4-6-17(21)13-18/h4,6-7,13,15-16,19H,3,5,8-12,14H2,1-2H3,(H,22,25)/t15-,16+,19+/m1/s1. The quantitative estimate of drug-likeness (QED) is 0.805. The average Bonchev–Trinajstić information content (AvgIpc) is 2.66. The van der Waals surface area contributed by atoms with Crippen LogP contribution in [0.5, 0.6) is 0 Å². The van der Waals surface area contributed by atoms with Gasteiger partial charge in [-0.25, -0.2) is 12.8 Å². The number of piperazine rings is 1. The van der Waals surface area contributed by atoms with Crippen LogP contribution in [0, 0.1) is 17.7 Å². The van der Waals surface area contributed by atoms with Crippen molar-refractivity contribution in [1.82, 2.24) is 14.5 Å². The number of halogens is 1. The zero-order valence-corrected chi connectivity index (χ0v) is 17.4. The molecule has 1 aromatic carbocycles. The third-order valence-electron chi connectivity index (χ3n) is 6.19. The molecule has 0 aromatic heterocycles. The number of carbonyl (C=O) groups excluding carboxylic acids is 1. The predicted octanol–water partition coefficient (Wildman–Crippen LogP) is 2.07. The maximum Gasteiger partial charge on any atom is 0.243 e. The van der Waals surface area contributed by atoms with Crippen LogP contribution in [0.3, 0.4) is 0 Å². The molecule has 1 amide bonds. The predicted molar refractivity (Wildman–Crippen MR) is 106 cm³/mol. The third-order valence-corrected chi connectivity index (χ3v) is 8.08. The second-order valence-corrected chi connectivity index (χ2v) is 10.0. The number of rotatable bonds is 5. The summed E-state index contributed by atoms with van der Waals surface area (Å²) in [5.74, 6) is 0.539. The first-order valence-electron chi connectivity index (χ1n) is 10.0. The van der Waals surface area contributed by atoms with Crippen LogP contribution in [0.15, 0.2) is 29.2 Å². The van der Waals surface area contributed by atoms with Gasteiger partial charge in [0.1, 0.15) is 5.82 Å². The lowest BCUT2D eigenvalue weighted by Crippen LogP contribution is -2.52. The summed E-state index contributed by atoms with van der Waals surface area (Å²) in [6.45, 7) is 6.28. The van der Waals surface area contributed by atoms with Crippen molar-refractivity contribution in [3.63, 3.8) is 0 Å². The van der Waals surface area contributed by atoms with Crippen molar-refractivity contribution in [2.75, 3.05) is 32.7 Å². The first kappa shape index (κ1) is 21.2. The number of hydrogen-bond acceptors (Lipinski definition) is 4. The Morgan fingerprint density at radius 2 is 1.89 bits per heavy atom. The Morgan fingerprint density at radius 3 is 2.57 bits per heavy atom. The van der Waals surface area contributed by atoms with Crippen molar-refractivity contribution < 1.29 is 17.6 Å². The molecule has 1 aliphatic heterocycles. The average molecular weight is 412 g/mol. The maximum absolute atomic E-state index is 13.4. The highest BCUT2D eigenvalue weighted by Crippen LogP contribution is 2.29. The number of nitrogens with one attached hydrogen (secondary N) is 1. The summed E-state index contributed by atoms with van der Waals surface area (Å²) < 4.78 is 40.1. The first-order chi connectivity index (χ1) is 13.3. The van der Waals surface area contributed by atoms with Gasteiger partial charge in [0.15, 0.2) is 0 Å². The molecule has 1 N–H and O–H groups in total. The second kappa shape index (κ2) is 8.88. The van der Waals surface area contributed by atoms with Crippen molar-refractivity contribution in [2.24, 2.45) is 11.8 Å². The zero-order valence-electron chi connectivity index (χ0n) is 16.6. The summed E-state index contributed by atoms with van der Waals surface area (Å²) in [4.78, 5) is 14.4. The summed E-state index contributed by atoms with van der Waals surface area (Å²) in [5, 5.41) is 3.17. The lowest BCUT2D eigenvalue weighted by Gasteiger charge is -2.36. The van der Waals surface area contributed by atoms with Gasteiger partial charge >= 0.3 is 0 Å². The molecule has 6 nitrogen and oxygen atoms in total. The van der Waals surface area contributed by atoms with Gasteiger partial charge in [0, 0.05) is 32.2 Å². The van der Waals surface area contributed by atoms with Gasteiger partial charge in [0.05, 0.1) is 11.4 Å². The molecule has 2 fully saturated rings. The normalized spacial score (nSPS) is 27.5. The molecule has 3 rings (SSSR count). The van der Waals surface area contributed by atoms with Crippen molar-refractivity contribution >= 4 is 15.9 Å². The van der Waals surface area contributed by atoms with E-state index in [1.54, 1.807) is 0 Å². The minimum absolute atomic E-state index is 0.00684. The number of hydrogen-bond donors (Lipinski definition) is 1. The van der Waals surface area contributed by atoms with Gasteiger partial charge < -0.3 is 5.32 Å². The Bertz CT molecular complexity index is 794. The summed E-state index contributed by atoms with van der Waals surface area (Å²) in [6.07, 6.45) is 3.39. The van der Waals surface area contributed by atoms with Crippen molar-refractivity contribution in [3.05, 3.63) is 30.1 Å². The van der Waals surface area contributed by atoms with Crippen molar-refractivity contribution in [1.29, 1.82) is 0 Å². The number of benzene rings is 1. The molecule has 1 saturated carbocycles. The fourth-order valence-corrected chi connectivity index (χ4v) is 5.60. The molecule has 0 radical (unpaired) electrons. The van der Waals surface area contributed by atoms with E-state index in [1.807, 2.05) is 4.90 Å². The Labute approximate surface area is 167 Å². The van der Waals surface area contributed by atoms with Crippen LogP contribution in [0.2, 0.25) is 0 Å². The van der Waals surface area contributed by atoms with Crippen LogP contribution in [-0.2, 0) is 14.8 Å². The zero-order chi connectivity index (χ0) is 20.3. The fraction of sp³-hybridized carbons (Fsp3) is 0.650. The number of carbonyl (C=O) groups is 1.